The third kappa shape index (κ3) is 1.49. The SMILES string of the molecule is CCCc1ccc2nc(N)[nH]c2c1. The van der Waals surface area contributed by atoms with E-state index >= 15 is 0 Å². The molecule has 2 aromatic rings. The number of hydrogen-bond acceptors (Lipinski definition) is 2. The van der Waals surface area contributed by atoms with Crippen LogP contribution in [0.5, 0.6) is 0 Å². The maximum atomic E-state index is 5.55. The number of nitrogens with one attached hydrogen (secondary N) is 1. The summed E-state index contributed by atoms with van der Waals surface area (Å²) in [6, 6.07) is 6.22. The average molecular weight is 175 g/mol. The number of imidazole rings is 1. The molecular formula is C10H13N3. The lowest BCUT2D eigenvalue weighted by atomic mass is 10.1. The number of hydrogen-bond donors (Lipinski definition) is 2. The highest BCUT2D eigenvalue weighted by Crippen LogP contribution is 2.15. The van der Waals surface area contributed by atoms with Crippen molar-refractivity contribution in [2.24, 2.45) is 0 Å². The van der Waals surface area contributed by atoms with Gasteiger partial charge in [-0.2, -0.15) is 0 Å². The molecule has 0 aliphatic heterocycles. The van der Waals surface area contributed by atoms with Crippen LogP contribution in [0.2, 0.25) is 0 Å². The Morgan fingerprint density at radius 3 is 3.08 bits per heavy atom. The minimum atomic E-state index is 0.489. The zero-order valence-corrected chi connectivity index (χ0v) is 7.67. The Kier molecular flexibility index (Phi) is 1.93. The van der Waals surface area contributed by atoms with Crippen molar-refractivity contribution in [3.63, 3.8) is 0 Å². The number of nitrogens with zero attached hydrogens (tertiary/aromatic N) is 1. The second-order valence-corrected chi connectivity index (χ2v) is 3.22. The smallest absolute Gasteiger partial charge is 0.198 e. The topological polar surface area (TPSA) is 54.7 Å². The molecule has 68 valence electrons. The van der Waals surface area contributed by atoms with Crippen LogP contribution < -0.4 is 5.73 Å². The van der Waals surface area contributed by atoms with E-state index in [1.54, 1.807) is 0 Å². The molecule has 2 rings (SSSR count). The molecule has 0 unspecified atom stereocenters. The number of anilines is 1. The Morgan fingerprint density at radius 1 is 1.46 bits per heavy atom. The van der Waals surface area contributed by atoms with Crippen molar-refractivity contribution in [1.29, 1.82) is 0 Å². The molecule has 1 aromatic heterocycles. The summed E-state index contributed by atoms with van der Waals surface area (Å²) in [7, 11) is 0. The summed E-state index contributed by atoms with van der Waals surface area (Å²) in [6.45, 7) is 2.17. The van der Waals surface area contributed by atoms with E-state index in [-0.39, 0.29) is 0 Å². The molecule has 3 heteroatoms. The van der Waals surface area contributed by atoms with Gasteiger partial charge in [0, 0.05) is 0 Å². The maximum Gasteiger partial charge on any atom is 0.198 e. The van der Waals surface area contributed by atoms with Crippen molar-refractivity contribution < 1.29 is 0 Å². The Balaban J connectivity index is 2.48. The van der Waals surface area contributed by atoms with Crippen LogP contribution in [0.25, 0.3) is 11.0 Å². The predicted molar refractivity (Wildman–Crippen MR) is 54.5 cm³/mol. The highest BCUT2D eigenvalue weighted by atomic mass is 15.0. The van der Waals surface area contributed by atoms with Gasteiger partial charge in [0.15, 0.2) is 5.95 Å². The molecule has 0 radical (unpaired) electrons. The molecule has 3 nitrogen and oxygen atoms in total. The van der Waals surface area contributed by atoms with Crippen molar-refractivity contribution in [3.8, 4) is 0 Å². The van der Waals surface area contributed by atoms with E-state index in [9.17, 15) is 0 Å². The van der Waals surface area contributed by atoms with E-state index in [4.69, 9.17) is 5.73 Å². The Hall–Kier alpha value is -1.51. The first-order valence-corrected chi connectivity index (χ1v) is 4.53. The Labute approximate surface area is 77.0 Å². The largest absolute Gasteiger partial charge is 0.369 e. The summed E-state index contributed by atoms with van der Waals surface area (Å²) in [5.74, 6) is 0.489. The molecule has 0 spiro atoms. The van der Waals surface area contributed by atoms with Crippen molar-refractivity contribution in [1.82, 2.24) is 9.97 Å². The van der Waals surface area contributed by atoms with Gasteiger partial charge in [0.05, 0.1) is 11.0 Å². The molecule has 0 saturated heterocycles. The monoisotopic (exact) mass is 175 g/mol. The second kappa shape index (κ2) is 3.09. The van der Waals surface area contributed by atoms with Crippen LogP contribution >= 0.6 is 0 Å². The van der Waals surface area contributed by atoms with Gasteiger partial charge in [0.25, 0.3) is 0 Å². The van der Waals surface area contributed by atoms with Crippen LogP contribution in [-0.4, -0.2) is 9.97 Å². The van der Waals surface area contributed by atoms with Crippen molar-refractivity contribution in [2.75, 3.05) is 5.73 Å². The normalized spacial score (nSPS) is 10.8. The summed E-state index contributed by atoms with van der Waals surface area (Å²) >= 11 is 0. The number of aryl methyl sites for hydroxylation is 1. The molecular weight excluding hydrogens is 162 g/mol. The highest BCUT2D eigenvalue weighted by molar-refractivity contribution is 5.77. The summed E-state index contributed by atoms with van der Waals surface area (Å²) < 4.78 is 0. The molecule has 0 atom stereocenters. The number of benzene rings is 1. The number of fused-ring (bicyclic) bond motifs is 1. The minimum Gasteiger partial charge on any atom is -0.369 e. The number of aromatic nitrogens is 2. The van der Waals surface area contributed by atoms with Gasteiger partial charge in [0.2, 0.25) is 0 Å². The van der Waals surface area contributed by atoms with E-state index in [1.807, 2.05) is 6.07 Å². The first-order valence-electron chi connectivity index (χ1n) is 4.53. The molecule has 3 N–H and O–H groups in total. The van der Waals surface area contributed by atoms with Gasteiger partial charge in [-0.05, 0) is 24.1 Å². The number of H-pyrrole nitrogens is 1. The number of rotatable bonds is 2. The molecule has 1 aromatic carbocycles. The van der Waals surface area contributed by atoms with Crippen LogP contribution in [0.3, 0.4) is 0 Å². The summed E-state index contributed by atoms with van der Waals surface area (Å²) in [5, 5.41) is 0. The summed E-state index contributed by atoms with van der Waals surface area (Å²) in [5.41, 5.74) is 8.85. The van der Waals surface area contributed by atoms with Crippen molar-refractivity contribution in [2.45, 2.75) is 19.8 Å². The van der Waals surface area contributed by atoms with Gasteiger partial charge in [-0.15, -0.1) is 0 Å². The second-order valence-electron chi connectivity index (χ2n) is 3.22. The van der Waals surface area contributed by atoms with E-state index in [0.717, 1.165) is 23.9 Å². The highest BCUT2D eigenvalue weighted by Gasteiger charge is 1.99. The molecule has 0 aliphatic rings. The molecule has 0 amide bonds. The average Bonchev–Trinajstić information content (AvgIpc) is 2.44. The van der Waals surface area contributed by atoms with Gasteiger partial charge >= 0.3 is 0 Å². The van der Waals surface area contributed by atoms with Gasteiger partial charge in [-0.25, -0.2) is 4.98 Å². The number of nitrogens with two attached hydrogens (primary N) is 1. The zero-order chi connectivity index (χ0) is 9.26. The zero-order valence-electron chi connectivity index (χ0n) is 7.67. The lowest BCUT2D eigenvalue weighted by Gasteiger charge is -1.96. The van der Waals surface area contributed by atoms with Gasteiger partial charge in [0.1, 0.15) is 0 Å². The summed E-state index contributed by atoms with van der Waals surface area (Å²) in [4.78, 5) is 7.16. The van der Waals surface area contributed by atoms with Crippen molar-refractivity contribution in [3.05, 3.63) is 23.8 Å². The maximum absolute atomic E-state index is 5.55. The first-order chi connectivity index (χ1) is 6.29. The Bertz CT molecular complexity index is 417. The van der Waals surface area contributed by atoms with E-state index in [1.165, 1.54) is 5.56 Å². The molecule has 1 heterocycles. The fourth-order valence-corrected chi connectivity index (χ4v) is 1.52. The molecule has 0 saturated carbocycles. The fourth-order valence-electron chi connectivity index (χ4n) is 1.52. The molecule has 0 fully saturated rings. The predicted octanol–water partition coefficient (Wildman–Crippen LogP) is 2.10. The van der Waals surface area contributed by atoms with Crippen LogP contribution in [0.1, 0.15) is 18.9 Å². The van der Waals surface area contributed by atoms with E-state index < -0.39 is 0 Å². The third-order valence-electron chi connectivity index (χ3n) is 2.10. The minimum absolute atomic E-state index is 0.489. The quantitative estimate of drug-likeness (QED) is 0.734. The summed E-state index contributed by atoms with van der Waals surface area (Å²) in [6.07, 6.45) is 2.27. The lowest BCUT2D eigenvalue weighted by molar-refractivity contribution is 0.923. The van der Waals surface area contributed by atoms with Gasteiger partial charge in [-0.1, -0.05) is 19.4 Å². The van der Waals surface area contributed by atoms with Crippen LogP contribution in [-0.2, 0) is 6.42 Å². The third-order valence-corrected chi connectivity index (χ3v) is 2.10. The van der Waals surface area contributed by atoms with Crippen LogP contribution in [0.4, 0.5) is 5.95 Å². The number of aromatic amines is 1. The molecule has 13 heavy (non-hydrogen) atoms. The first kappa shape index (κ1) is 8.10. The fraction of sp³-hybridized carbons (Fsp3) is 0.300. The van der Waals surface area contributed by atoms with Crippen molar-refractivity contribution >= 4 is 17.0 Å². The molecule has 0 bridgehead atoms. The molecule has 0 aliphatic carbocycles. The van der Waals surface area contributed by atoms with Crippen LogP contribution in [0, 0.1) is 0 Å². The van der Waals surface area contributed by atoms with E-state index in [0.29, 0.717) is 5.95 Å². The van der Waals surface area contributed by atoms with E-state index in [2.05, 4.69) is 29.0 Å². The van der Waals surface area contributed by atoms with Crippen LogP contribution in [0.15, 0.2) is 18.2 Å². The Morgan fingerprint density at radius 2 is 2.31 bits per heavy atom. The number of nitrogen functional groups attached to an aromatic ring is 1. The standard InChI is InChI=1S/C10H13N3/c1-2-3-7-4-5-8-9(6-7)13-10(11)12-8/h4-6H,2-3H2,1H3,(H3,11,12,13). The lowest BCUT2D eigenvalue weighted by Crippen LogP contribution is -1.84. The van der Waals surface area contributed by atoms with Gasteiger partial charge < -0.3 is 10.7 Å². The van der Waals surface area contributed by atoms with Gasteiger partial charge in [-0.3, -0.25) is 0 Å².